The molecule has 0 aliphatic carbocycles. The second kappa shape index (κ2) is 4.57. The minimum atomic E-state index is -0.644. The minimum absolute atomic E-state index is 0.0893. The number of amides is 1. The molecule has 0 fully saturated rings. The zero-order valence-corrected chi connectivity index (χ0v) is 10.5. The van der Waals surface area contributed by atoms with Crippen LogP contribution in [0, 0.1) is 6.92 Å². The quantitative estimate of drug-likeness (QED) is 0.729. The average molecular weight is 270 g/mol. The second-order valence-corrected chi connectivity index (χ2v) is 4.10. The van der Waals surface area contributed by atoms with Crippen molar-refractivity contribution in [2.45, 2.75) is 6.92 Å². The van der Waals surface area contributed by atoms with Crippen LogP contribution in [0.1, 0.15) is 16.4 Å². The Hall–Kier alpha value is -3.03. The van der Waals surface area contributed by atoms with Gasteiger partial charge in [-0.15, -0.1) is 0 Å². The first-order chi connectivity index (χ1) is 9.65. The number of aryl methyl sites for hydroxylation is 1. The van der Waals surface area contributed by atoms with Crippen molar-refractivity contribution in [2.75, 3.05) is 0 Å². The lowest BCUT2D eigenvalue weighted by Crippen LogP contribution is -2.12. The Balaban J connectivity index is 2.07. The summed E-state index contributed by atoms with van der Waals surface area (Å²) in [6, 6.07) is 7.21. The van der Waals surface area contributed by atoms with Gasteiger partial charge in [-0.25, -0.2) is 0 Å². The number of primary amides is 1. The van der Waals surface area contributed by atoms with Crippen LogP contribution in [-0.4, -0.2) is 31.5 Å². The molecule has 1 aromatic carbocycles. The van der Waals surface area contributed by atoms with Crippen molar-refractivity contribution in [1.82, 2.24) is 25.6 Å². The molecule has 0 spiro atoms. The third kappa shape index (κ3) is 2.03. The van der Waals surface area contributed by atoms with Crippen LogP contribution < -0.4 is 5.73 Å². The van der Waals surface area contributed by atoms with Gasteiger partial charge in [-0.3, -0.25) is 4.79 Å². The highest BCUT2D eigenvalue weighted by atomic mass is 16.5. The lowest BCUT2D eigenvalue weighted by atomic mass is 10.1. The summed E-state index contributed by atoms with van der Waals surface area (Å²) in [6.07, 6.45) is 0. The first kappa shape index (κ1) is 12.0. The molecule has 100 valence electrons. The zero-order chi connectivity index (χ0) is 14.1. The lowest BCUT2D eigenvalue weighted by molar-refractivity contribution is 0.0996. The summed E-state index contributed by atoms with van der Waals surface area (Å²) >= 11 is 0. The number of aromatic amines is 1. The maximum absolute atomic E-state index is 11.3. The molecule has 3 N–H and O–H groups in total. The summed E-state index contributed by atoms with van der Waals surface area (Å²) in [5.41, 5.74) is 7.16. The Bertz CT molecular complexity index is 776. The molecule has 2 aromatic heterocycles. The van der Waals surface area contributed by atoms with Gasteiger partial charge >= 0.3 is 0 Å². The largest absolute Gasteiger partial charge is 0.364 e. The van der Waals surface area contributed by atoms with E-state index in [2.05, 4.69) is 25.6 Å². The molecule has 0 aliphatic rings. The minimum Gasteiger partial charge on any atom is -0.364 e. The Kier molecular flexibility index (Phi) is 2.75. The van der Waals surface area contributed by atoms with Crippen LogP contribution in [0.5, 0.6) is 0 Å². The van der Waals surface area contributed by atoms with Gasteiger partial charge in [0.1, 0.15) is 5.69 Å². The highest BCUT2D eigenvalue weighted by molar-refractivity contribution is 5.96. The topological polar surface area (TPSA) is 124 Å². The van der Waals surface area contributed by atoms with E-state index < -0.39 is 5.91 Å². The van der Waals surface area contributed by atoms with Crippen molar-refractivity contribution in [2.24, 2.45) is 5.73 Å². The number of H-pyrrole nitrogens is 1. The fraction of sp³-hybridized carbons (Fsp3) is 0.0833. The number of carbonyl (C=O) groups is 1. The lowest BCUT2D eigenvalue weighted by Gasteiger charge is -2.00. The van der Waals surface area contributed by atoms with Crippen LogP contribution >= 0.6 is 0 Å². The number of nitrogens with two attached hydrogens (primary N) is 1. The van der Waals surface area contributed by atoms with Gasteiger partial charge in [0.05, 0.1) is 0 Å². The highest BCUT2D eigenvalue weighted by Crippen LogP contribution is 2.24. The van der Waals surface area contributed by atoms with Gasteiger partial charge in [0, 0.05) is 18.1 Å². The Labute approximate surface area is 113 Å². The predicted molar refractivity (Wildman–Crippen MR) is 68.4 cm³/mol. The van der Waals surface area contributed by atoms with Crippen molar-refractivity contribution in [1.29, 1.82) is 0 Å². The molecule has 0 aliphatic heterocycles. The van der Waals surface area contributed by atoms with Crippen LogP contribution in [0.15, 0.2) is 28.8 Å². The molecular formula is C12H10N6O2. The highest BCUT2D eigenvalue weighted by Gasteiger charge is 2.16. The Morgan fingerprint density at radius 3 is 2.80 bits per heavy atom. The van der Waals surface area contributed by atoms with Crippen LogP contribution in [-0.2, 0) is 0 Å². The van der Waals surface area contributed by atoms with E-state index in [1.807, 2.05) is 6.07 Å². The van der Waals surface area contributed by atoms with Gasteiger partial charge in [-0.05, 0) is 6.07 Å². The van der Waals surface area contributed by atoms with E-state index in [0.717, 1.165) is 5.56 Å². The maximum Gasteiger partial charge on any atom is 0.271 e. The SMILES string of the molecule is Cc1nc(-c2cccc(-c3n[nH]nc3C(N)=O)c2)no1. The van der Waals surface area contributed by atoms with Gasteiger partial charge in [0.2, 0.25) is 11.7 Å². The monoisotopic (exact) mass is 270 g/mol. The van der Waals surface area contributed by atoms with Crippen LogP contribution in [0.25, 0.3) is 22.6 Å². The van der Waals surface area contributed by atoms with E-state index in [4.69, 9.17) is 10.3 Å². The van der Waals surface area contributed by atoms with E-state index in [1.54, 1.807) is 25.1 Å². The second-order valence-electron chi connectivity index (χ2n) is 4.10. The van der Waals surface area contributed by atoms with Crippen LogP contribution in [0.3, 0.4) is 0 Å². The summed E-state index contributed by atoms with van der Waals surface area (Å²) in [5.74, 6) is 0.299. The molecule has 0 atom stereocenters. The Morgan fingerprint density at radius 1 is 1.30 bits per heavy atom. The number of nitrogens with one attached hydrogen (secondary N) is 1. The fourth-order valence-corrected chi connectivity index (χ4v) is 1.83. The molecule has 0 bridgehead atoms. The number of hydrogen-bond acceptors (Lipinski definition) is 6. The number of nitrogens with zero attached hydrogens (tertiary/aromatic N) is 4. The summed E-state index contributed by atoms with van der Waals surface area (Å²) < 4.78 is 4.94. The smallest absolute Gasteiger partial charge is 0.271 e. The van der Waals surface area contributed by atoms with Crippen LogP contribution in [0.2, 0.25) is 0 Å². The van der Waals surface area contributed by atoms with Crippen LogP contribution in [0.4, 0.5) is 0 Å². The van der Waals surface area contributed by atoms with E-state index in [9.17, 15) is 4.79 Å². The van der Waals surface area contributed by atoms with Gasteiger partial charge in [-0.2, -0.15) is 20.4 Å². The molecule has 3 rings (SSSR count). The first-order valence-corrected chi connectivity index (χ1v) is 5.77. The van der Waals surface area contributed by atoms with Gasteiger partial charge in [-0.1, -0.05) is 23.4 Å². The first-order valence-electron chi connectivity index (χ1n) is 5.77. The number of benzene rings is 1. The average Bonchev–Trinajstić information content (AvgIpc) is 3.07. The number of aromatic nitrogens is 5. The maximum atomic E-state index is 11.3. The molecule has 8 heteroatoms. The molecule has 3 aromatic rings. The molecule has 20 heavy (non-hydrogen) atoms. The molecule has 0 saturated heterocycles. The number of rotatable bonds is 3. The molecular weight excluding hydrogens is 260 g/mol. The third-order valence-electron chi connectivity index (χ3n) is 2.70. The molecule has 1 amide bonds. The Morgan fingerprint density at radius 2 is 2.10 bits per heavy atom. The van der Waals surface area contributed by atoms with Crippen molar-refractivity contribution in [3.8, 4) is 22.6 Å². The molecule has 8 nitrogen and oxygen atoms in total. The normalized spacial score (nSPS) is 10.7. The molecule has 2 heterocycles. The van der Waals surface area contributed by atoms with Gasteiger partial charge < -0.3 is 10.3 Å². The molecule has 0 radical (unpaired) electrons. The zero-order valence-electron chi connectivity index (χ0n) is 10.5. The standard InChI is InChI=1S/C12H10N6O2/c1-6-14-12(17-20-6)8-4-2-3-7(5-8)9-10(11(13)19)16-18-15-9/h2-5H,1H3,(H2,13,19)(H,15,16,18). The van der Waals surface area contributed by atoms with Crippen molar-refractivity contribution < 1.29 is 9.32 Å². The summed E-state index contributed by atoms with van der Waals surface area (Å²) in [6.45, 7) is 1.71. The van der Waals surface area contributed by atoms with E-state index in [-0.39, 0.29) is 5.69 Å². The summed E-state index contributed by atoms with van der Waals surface area (Å²) in [5, 5.41) is 13.9. The molecule has 0 unspecified atom stereocenters. The van der Waals surface area contributed by atoms with Gasteiger partial charge in [0.25, 0.3) is 5.91 Å². The van der Waals surface area contributed by atoms with Crippen molar-refractivity contribution >= 4 is 5.91 Å². The molecule has 0 saturated carbocycles. The number of hydrogen-bond donors (Lipinski definition) is 2. The van der Waals surface area contributed by atoms with Crippen molar-refractivity contribution in [3.63, 3.8) is 0 Å². The summed E-state index contributed by atoms with van der Waals surface area (Å²) in [7, 11) is 0. The summed E-state index contributed by atoms with van der Waals surface area (Å²) in [4.78, 5) is 15.4. The number of carbonyl (C=O) groups excluding carboxylic acids is 1. The van der Waals surface area contributed by atoms with E-state index >= 15 is 0 Å². The van der Waals surface area contributed by atoms with E-state index in [1.165, 1.54) is 0 Å². The van der Waals surface area contributed by atoms with E-state index in [0.29, 0.717) is 23.0 Å². The third-order valence-corrected chi connectivity index (χ3v) is 2.70. The van der Waals surface area contributed by atoms with Crippen molar-refractivity contribution in [3.05, 3.63) is 35.9 Å². The van der Waals surface area contributed by atoms with Gasteiger partial charge in [0.15, 0.2) is 5.69 Å². The fourth-order valence-electron chi connectivity index (χ4n) is 1.83. The predicted octanol–water partition coefficient (Wildman–Crippen LogP) is 0.929.